The predicted octanol–water partition coefficient (Wildman–Crippen LogP) is 2.88. The zero-order chi connectivity index (χ0) is 18.2. The molecule has 1 amide bonds. The first-order valence-corrected chi connectivity index (χ1v) is 8.02. The zero-order valence-corrected chi connectivity index (χ0v) is 14.5. The Morgan fingerprint density at radius 1 is 1.56 bits per heavy atom. The van der Waals surface area contributed by atoms with Gasteiger partial charge in [-0.15, -0.1) is 0 Å². The van der Waals surface area contributed by atoms with Gasteiger partial charge >= 0.3 is 6.09 Å². The summed E-state index contributed by atoms with van der Waals surface area (Å²) in [5, 5.41) is 2.84. The van der Waals surface area contributed by atoms with E-state index in [9.17, 15) is 9.18 Å². The number of carbonyl (C=O) groups excluding carboxylic acids is 1. The molecule has 1 aromatic carbocycles. The van der Waals surface area contributed by atoms with Gasteiger partial charge in [-0.2, -0.15) is 0 Å². The van der Waals surface area contributed by atoms with Crippen molar-refractivity contribution in [3.63, 3.8) is 0 Å². The number of aromatic nitrogens is 2. The number of carbonyl (C=O) groups is 1. The van der Waals surface area contributed by atoms with Crippen LogP contribution in [0.1, 0.15) is 25.2 Å². The molecule has 2 aromatic rings. The Kier molecular flexibility index (Phi) is 4.38. The van der Waals surface area contributed by atoms with Crippen molar-refractivity contribution in [1.82, 2.24) is 9.55 Å². The van der Waals surface area contributed by atoms with Crippen molar-refractivity contribution in [2.75, 3.05) is 11.9 Å². The highest BCUT2D eigenvalue weighted by Gasteiger charge is 2.35. The van der Waals surface area contributed by atoms with Crippen LogP contribution < -0.4 is 11.1 Å². The molecule has 1 aliphatic heterocycles. The first-order valence-electron chi connectivity index (χ1n) is 7.64. The summed E-state index contributed by atoms with van der Waals surface area (Å²) in [4.78, 5) is 20.1. The van der Waals surface area contributed by atoms with E-state index in [0.29, 0.717) is 23.6 Å². The Labute approximate surface area is 148 Å². The van der Waals surface area contributed by atoms with Gasteiger partial charge in [0.15, 0.2) is 11.7 Å². The number of nitrogens with zero attached hydrogens (tertiary/aromatic N) is 3. The minimum Gasteiger partial charge on any atom is -0.450 e. The third-order valence-electron chi connectivity index (χ3n) is 3.89. The molecule has 0 aliphatic carbocycles. The number of halogens is 2. The van der Waals surface area contributed by atoms with Crippen LogP contribution in [-0.4, -0.2) is 28.1 Å². The highest BCUT2D eigenvalue weighted by Crippen LogP contribution is 2.35. The van der Waals surface area contributed by atoms with Crippen molar-refractivity contribution in [3.8, 4) is 0 Å². The topological polar surface area (TPSA) is 94.5 Å². The molecule has 1 atom stereocenters. The zero-order valence-electron chi connectivity index (χ0n) is 13.7. The van der Waals surface area contributed by atoms with Crippen LogP contribution in [0.5, 0.6) is 0 Å². The predicted molar refractivity (Wildman–Crippen MR) is 92.4 cm³/mol. The van der Waals surface area contributed by atoms with Gasteiger partial charge < -0.3 is 15.0 Å². The lowest BCUT2D eigenvalue weighted by Crippen LogP contribution is -2.37. The van der Waals surface area contributed by atoms with E-state index in [4.69, 9.17) is 22.1 Å². The maximum Gasteiger partial charge on any atom is 0.411 e. The number of imidazole rings is 1. The van der Waals surface area contributed by atoms with Crippen molar-refractivity contribution in [2.45, 2.75) is 25.9 Å². The van der Waals surface area contributed by atoms with E-state index < -0.39 is 17.4 Å². The van der Waals surface area contributed by atoms with Crippen molar-refractivity contribution < 1.29 is 13.9 Å². The molecule has 0 fully saturated rings. The monoisotopic (exact) mass is 365 g/mol. The SMILES string of the molecule is CCOC(=O)Nc1ccc(F)c([C@]2(C)Cn3cc(Cl)nc3C(N)=N2)c1. The van der Waals surface area contributed by atoms with E-state index in [0.717, 1.165) is 0 Å². The number of ether oxygens (including phenoxy) is 1. The molecule has 1 aliphatic rings. The average Bonchev–Trinajstić information content (AvgIpc) is 2.90. The molecule has 2 heterocycles. The number of rotatable bonds is 3. The van der Waals surface area contributed by atoms with E-state index in [2.05, 4.69) is 15.3 Å². The van der Waals surface area contributed by atoms with Gasteiger partial charge in [-0.25, -0.2) is 14.2 Å². The van der Waals surface area contributed by atoms with E-state index in [-0.39, 0.29) is 17.6 Å². The van der Waals surface area contributed by atoms with Crippen molar-refractivity contribution in [2.24, 2.45) is 10.7 Å². The molecule has 0 saturated heterocycles. The van der Waals surface area contributed by atoms with Crippen LogP contribution in [0.15, 0.2) is 29.4 Å². The number of amidine groups is 1. The molecule has 132 valence electrons. The molecule has 25 heavy (non-hydrogen) atoms. The van der Waals surface area contributed by atoms with Crippen LogP contribution in [0.25, 0.3) is 0 Å². The molecule has 0 saturated carbocycles. The first kappa shape index (κ1) is 17.2. The first-order chi connectivity index (χ1) is 11.8. The van der Waals surface area contributed by atoms with E-state index >= 15 is 0 Å². The highest BCUT2D eigenvalue weighted by molar-refractivity contribution is 6.29. The fraction of sp³-hybridized carbons (Fsp3) is 0.312. The molecule has 7 nitrogen and oxygen atoms in total. The van der Waals surface area contributed by atoms with E-state index in [1.165, 1.54) is 18.2 Å². The summed E-state index contributed by atoms with van der Waals surface area (Å²) >= 11 is 5.92. The van der Waals surface area contributed by atoms with Crippen LogP contribution in [0, 0.1) is 5.82 Å². The number of hydrogen-bond acceptors (Lipinski definition) is 5. The molecule has 0 spiro atoms. The third kappa shape index (κ3) is 3.30. The van der Waals surface area contributed by atoms with Gasteiger partial charge in [0.2, 0.25) is 0 Å². The van der Waals surface area contributed by atoms with Crippen molar-refractivity contribution >= 4 is 29.2 Å². The van der Waals surface area contributed by atoms with Crippen molar-refractivity contribution in [3.05, 3.63) is 46.8 Å². The van der Waals surface area contributed by atoms with Gasteiger partial charge in [-0.05, 0) is 32.0 Å². The minimum absolute atomic E-state index is 0.170. The standard InChI is InChI=1S/C16H17ClFN5O2/c1-3-25-15(24)20-9-4-5-11(18)10(6-9)16(2)8-23-7-12(17)21-14(23)13(19)22-16/h4-7H,3,8H2,1-2H3,(H2,19,22)(H,20,24)/t16-/m0/s1. The van der Waals surface area contributed by atoms with Crippen LogP contribution >= 0.6 is 11.6 Å². The second-order valence-electron chi connectivity index (χ2n) is 5.83. The quantitative estimate of drug-likeness (QED) is 0.874. The summed E-state index contributed by atoms with van der Waals surface area (Å²) in [7, 11) is 0. The lowest BCUT2D eigenvalue weighted by atomic mass is 9.90. The summed E-state index contributed by atoms with van der Waals surface area (Å²) in [5.74, 6) is 0.163. The van der Waals surface area contributed by atoms with E-state index in [1.807, 2.05) is 0 Å². The minimum atomic E-state index is -0.975. The lowest BCUT2D eigenvalue weighted by Gasteiger charge is -2.31. The van der Waals surface area contributed by atoms with Crippen LogP contribution in [0.4, 0.5) is 14.9 Å². The molecule has 0 radical (unpaired) electrons. The molecule has 3 N–H and O–H groups in total. The highest BCUT2D eigenvalue weighted by atomic mass is 35.5. The number of fused-ring (bicyclic) bond motifs is 1. The molecule has 0 bridgehead atoms. The summed E-state index contributed by atoms with van der Waals surface area (Å²) in [6, 6.07) is 4.24. The number of aliphatic imine (C=N–C) groups is 1. The number of nitrogens with one attached hydrogen (secondary N) is 1. The number of amides is 1. The number of benzene rings is 1. The fourth-order valence-electron chi connectivity index (χ4n) is 2.84. The lowest BCUT2D eigenvalue weighted by molar-refractivity contribution is 0.168. The summed E-state index contributed by atoms with van der Waals surface area (Å²) in [5.41, 5.74) is 5.70. The molecule has 1 aromatic heterocycles. The largest absolute Gasteiger partial charge is 0.450 e. The maximum atomic E-state index is 14.5. The summed E-state index contributed by atoms with van der Waals surface area (Å²) < 4.78 is 21.1. The van der Waals surface area contributed by atoms with Gasteiger partial charge in [-0.3, -0.25) is 10.3 Å². The molecule has 0 unspecified atom stereocenters. The molecule has 9 heteroatoms. The smallest absolute Gasteiger partial charge is 0.411 e. The second kappa shape index (κ2) is 6.36. The molecule has 3 rings (SSSR count). The van der Waals surface area contributed by atoms with Gasteiger partial charge in [0.25, 0.3) is 0 Å². The molecular weight excluding hydrogens is 349 g/mol. The number of anilines is 1. The summed E-state index contributed by atoms with van der Waals surface area (Å²) in [6.45, 7) is 4.00. The third-order valence-corrected chi connectivity index (χ3v) is 4.07. The Bertz CT molecular complexity index is 866. The average molecular weight is 366 g/mol. The van der Waals surface area contributed by atoms with Gasteiger partial charge in [0.05, 0.1) is 13.2 Å². The Balaban J connectivity index is 1.98. The number of nitrogens with two attached hydrogens (primary N) is 1. The Morgan fingerprint density at radius 3 is 3.04 bits per heavy atom. The van der Waals surface area contributed by atoms with Gasteiger partial charge in [0.1, 0.15) is 16.5 Å². The van der Waals surface area contributed by atoms with Crippen LogP contribution in [0.2, 0.25) is 5.15 Å². The molecular formula is C16H17ClFN5O2. The Morgan fingerprint density at radius 2 is 2.32 bits per heavy atom. The fourth-order valence-corrected chi connectivity index (χ4v) is 3.04. The second-order valence-corrected chi connectivity index (χ2v) is 6.21. The van der Waals surface area contributed by atoms with Crippen LogP contribution in [0.3, 0.4) is 0 Å². The van der Waals surface area contributed by atoms with Crippen LogP contribution in [-0.2, 0) is 16.8 Å². The van der Waals surface area contributed by atoms with Gasteiger partial charge in [-0.1, -0.05) is 11.6 Å². The maximum absolute atomic E-state index is 14.5. The summed E-state index contributed by atoms with van der Waals surface area (Å²) in [6.07, 6.45) is 1.01. The van der Waals surface area contributed by atoms with Crippen molar-refractivity contribution in [1.29, 1.82) is 0 Å². The number of hydrogen-bond donors (Lipinski definition) is 2. The normalized spacial score (nSPS) is 19.1. The van der Waals surface area contributed by atoms with Gasteiger partial charge in [0, 0.05) is 17.4 Å². The van der Waals surface area contributed by atoms with E-state index in [1.54, 1.807) is 24.6 Å². The Hall–Kier alpha value is -2.61.